The molecule has 1 N–H and O–H groups in total. The third-order valence-corrected chi connectivity index (χ3v) is 5.37. The summed E-state index contributed by atoms with van der Waals surface area (Å²) in [4.78, 5) is 26.8. The van der Waals surface area contributed by atoms with Gasteiger partial charge in [0, 0.05) is 19.6 Å². The summed E-state index contributed by atoms with van der Waals surface area (Å²) < 4.78 is 1.61. The van der Waals surface area contributed by atoms with Crippen LogP contribution in [0.5, 0.6) is 0 Å². The van der Waals surface area contributed by atoms with Crippen LogP contribution >= 0.6 is 11.8 Å². The van der Waals surface area contributed by atoms with Crippen LogP contribution in [0.1, 0.15) is 37.0 Å². The Morgan fingerprint density at radius 1 is 1.29 bits per heavy atom. The summed E-state index contributed by atoms with van der Waals surface area (Å²) in [6.07, 6.45) is 2.95. The Morgan fingerprint density at radius 2 is 2.00 bits per heavy atom. The van der Waals surface area contributed by atoms with E-state index in [1.807, 2.05) is 42.2 Å². The van der Waals surface area contributed by atoms with Crippen LogP contribution in [0.4, 0.5) is 0 Å². The van der Waals surface area contributed by atoms with Crippen molar-refractivity contribution in [3.63, 3.8) is 0 Å². The number of hydrogen-bond donors (Lipinski definition) is 1. The van der Waals surface area contributed by atoms with Gasteiger partial charge in [0.25, 0.3) is 0 Å². The molecule has 24 heavy (non-hydrogen) atoms. The van der Waals surface area contributed by atoms with Crippen molar-refractivity contribution in [2.75, 3.05) is 13.1 Å². The van der Waals surface area contributed by atoms with Crippen LogP contribution in [0, 0.1) is 0 Å². The van der Waals surface area contributed by atoms with Crippen molar-refractivity contribution in [2.45, 2.75) is 43.1 Å². The lowest BCUT2D eigenvalue weighted by molar-refractivity contribution is -0.129. The minimum atomic E-state index is -0.380. The molecule has 128 valence electrons. The molecule has 0 aliphatic carbocycles. The van der Waals surface area contributed by atoms with Gasteiger partial charge in [-0.2, -0.15) is 0 Å². The van der Waals surface area contributed by atoms with Gasteiger partial charge in [0.15, 0.2) is 5.16 Å². The van der Waals surface area contributed by atoms with Gasteiger partial charge in [-0.3, -0.25) is 9.36 Å². The Morgan fingerprint density at radius 3 is 2.67 bits per heavy atom. The van der Waals surface area contributed by atoms with E-state index in [2.05, 4.69) is 10.2 Å². The largest absolute Gasteiger partial charge is 0.343 e. The number of hydrogen-bond acceptors (Lipinski definition) is 4. The summed E-state index contributed by atoms with van der Waals surface area (Å²) in [7, 11) is 0. The first-order valence-corrected chi connectivity index (χ1v) is 9.24. The molecule has 1 aliphatic rings. The molecule has 1 saturated heterocycles. The molecule has 0 radical (unpaired) electrons. The van der Waals surface area contributed by atoms with E-state index in [0.717, 1.165) is 37.9 Å². The summed E-state index contributed by atoms with van der Waals surface area (Å²) >= 11 is 1.35. The number of rotatable bonds is 6. The Kier molecular flexibility index (Phi) is 5.40. The molecule has 2 heterocycles. The molecule has 1 aromatic carbocycles. The number of aromatic amines is 1. The number of carbonyl (C=O) groups is 1. The van der Waals surface area contributed by atoms with E-state index in [0.29, 0.717) is 11.7 Å². The summed E-state index contributed by atoms with van der Waals surface area (Å²) in [6.45, 7) is 4.23. The molecule has 1 atom stereocenters. The molecule has 1 aliphatic heterocycles. The molecule has 0 spiro atoms. The van der Waals surface area contributed by atoms with Crippen molar-refractivity contribution in [1.82, 2.24) is 19.7 Å². The molecular weight excluding hydrogens is 324 g/mol. The van der Waals surface area contributed by atoms with Crippen molar-refractivity contribution in [3.8, 4) is 0 Å². The van der Waals surface area contributed by atoms with Crippen molar-refractivity contribution in [2.24, 2.45) is 0 Å². The van der Waals surface area contributed by atoms with Gasteiger partial charge in [-0.05, 0) is 24.8 Å². The minimum absolute atomic E-state index is 0.0993. The molecular formula is C17H22N4O2S. The predicted octanol–water partition coefficient (Wildman–Crippen LogP) is 2.44. The molecule has 1 fully saturated rings. The molecule has 0 bridgehead atoms. The molecule has 1 amide bonds. The highest BCUT2D eigenvalue weighted by atomic mass is 32.2. The highest BCUT2D eigenvalue weighted by Gasteiger charge is 2.30. The average Bonchev–Trinajstić information content (AvgIpc) is 3.25. The fourth-order valence-corrected chi connectivity index (χ4v) is 4.07. The number of amides is 1. The van der Waals surface area contributed by atoms with Crippen LogP contribution in [0.15, 0.2) is 40.3 Å². The van der Waals surface area contributed by atoms with Crippen LogP contribution in [0.2, 0.25) is 0 Å². The lowest BCUT2D eigenvalue weighted by Crippen LogP contribution is -2.31. The summed E-state index contributed by atoms with van der Waals surface area (Å²) in [5.41, 5.74) is 0.720. The molecule has 7 heteroatoms. The maximum atomic E-state index is 13.0. The lowest BCUT2D eigenvalue weighted by Gasteiger charge is -2.22. The van der Waals surface area contributed by atoms with E-state index >= 15 is 0 Å². The zero-order valence-electron chi connectivity index (χ0n) is 13.8. The van der Waals surface area contributed by atoms with Gasteiger partial charge in [0.2, 0.25) is 5.91 Å². The quantitative estimate of drug-likeness (QED) is 0.816. The number of nitrogens with one attached hydrogen (secondary N) is 1. The SMILES string of the molecule is CCCn1c(S[C@H](C(=O)N2CCCC2)c2ccccc2)n[nH]c1=O. The smallest absolute Gasteiger partial charge is 0.341 e. The normalized spacial score (nSPS) is 15.6. The van der Waals surface area contributed by atoms with Gasteiger partial charge in [-0.25, -0.2) is 9.89 Å². The number of H-pyrrole nitrogens is 1. The average molecular weight is 346 g/mol. The second kappa shape index (κ2) is 7.70. The molecule has 3 rings (SSSR count). The van der Waals surface area contributed by atoms with Crippen molar-refractivity contribution >= 4 is 17.7 Å². The van der Waals surface area contributed by atoms with Crippen molar-refractivity contribution in [1.29, 1.82) is 0 Å². The highest BCUT2D eigenvalue weighted by molar-refractivity contribution is 8.00. The predicted molar refractivity (Wildman–Crippen MR) is 94.0 cm³/mol. The fraction of sp³-hybridized carbons (Fsp3) is 0.471. The molecule has 6 nitrogen and oxygen atoms in total. The number of benzene rings is 1. The zero-order valence-corrected chi connectivity index (χ0v) is 14.6. The fourth-order valence-electron chi connectivity index (χ4n) is 2.91. The summed E-state index contributed by atoms with van der Waals surface area (Å²) in [6, 6.07) is 9.72. The Labute approximate surface area is 145 Å². The zero-order chi connectivity index (χ0) is 16.9. The Bertz CT molecular complexity index is 735. The van der Waals surface area contributed by atoms with Crippen LogP contribution in [0.25, 0.3) is 0 Å². The molecule has 0 saturated carbocycles. The van der Waals surface area contributed by atoms with Gasteiger partial charge in [0.1, 0.15) is 5.25 Å². The highest BCUT2D eigenvalue weighted by Crippen LogP contribution is 2.36. The molecule has 2 aromatic rings. The molecule has 1 aromatic heterocycles. The Balaban J connectivity index is 1.90. The number of nitrogens with zero attached hydrogens (tertiary/aromatic N) is 3. The van der Waals surface area contributed by atoms with Crippen molar-refractivity contribution in [3.05, 3.63) is 46.4 Å². The van der Waals surface area contributed by atoms with Gasteiger partial charge in [0.05, 0.1) is 0 Å². The van der Waals surface area contributed by atoms with E-state index in [1.54, 1.807) is 4.57 Å². The van der Waals surface area contributed by atoms with Gasteiger partial charge < -0.3 is 4.90 Å². The number of carbonyl (C=O) groups excluding carboxylic acids is 1. The van der Waals surface area contributed by atoms with Gasteiger partial charge in [-0.15, -0.1) is 5.10 Å². The maximum Gasteiger partial charge on any atom is 0.343 e. The first-order chi connectivity index (χ1) is 11.7. The van der Waals surface area contributed by atoms with Crippen LogP contribution < -0.4 is 5.69 Å². The minimum Gasteiger partial charge on any atom is -0.341 e. The summed E-state index contributed by atoms with van der Waals surface area (Å²) in [5, 5.41) is 6.82. The van der Waals surface area contributed by atoms with E-state index in [-0.39, 0.29) is 16.8 Å². The number of aromatic nitrogens is 3. The summed E-state index contributed by atoms with van der Waals surface area (Å²) in [5.74, 6) is 0.0993. The van der Waals surface area contributed by atoms with Crippen LogP contribution in [0.3, 0.4) is 0 Å². The van der Waals surface area contributed by atoms with Crippen LogP contribution in [-0.4, -0.2) is 38.7 Å². The monoisotopic (exact) mass is 346 g/mol. The Hall–Kier alpha value is -2.02. The standard InChI is InChI=1S/C17H22N4O2S/c1-2-10-21-16(23)18-19-17(21)24-14(13-8-4-3-5-9-13)15(22)20-11-6-7-12-20/h3-5,8-9,14H,2,6-7,10-12H2,1H3,(H,18,23)/t14-/m0/s1. The first-order valence-electron chi connectivity index (χ1n) is 8.36. The van der Waals surface area contributed by atoms with E-state index < -0.39 is 0 Å². The lowest BCUT2D eigenvalue weighted by atomic mass is 10.1. The third kappa shape index (κ3) is 3.56. The molecule has 0 unspecified atom stereocenters. The van der Waals surface area contributed by atoms with E-state index in [1.165, 1.54) is 11.8 Å². The van der Waals surface area contributed by atoms with Crippen molar-refractivity contribution < 1.29 is 4.79 Å². The second-order valence-electron chi connectivity index (χ2n) is 5.90. The number of likely N-dealkylation sites (tertiary alicyclic amines) is 1. The third-order valence-electron chi connectivity index (χ3n) is 4.14. The first kappa shape index (κ1) is 16.8. The van der Waals surface area contributed by atoms with E-state index in [9.17, 15) is 9.59 Å². The van der Waals surface area contributed by atoms with E-state index in [4.69, 9.17) is 0 Å². The van der Waals surface area contributed by atoms with Gasteiger partial charge >= 0.3 is 5.69 Å². The number of thioether (sulfide) groups is 1. The topological polar surface area (TPSA) is 71.0 Å². The van der Waals surface area contributed by atoms with Crippen LogP contribution in [-0.2, 0) is 11.3 Å². The second-order valence-corrected chi connectivity index (χ2v) is 6.98. The maximum absolute atomic E-state index is 13.0. The van der Waals surface area contributed by atoms with Gasteiger partial charge in [-0.1, -0.05) is 49.0 Å².